The molecule has 8 nitrogen and oxygen atoms in total. The van der Waals surface area contributed by atoms with Gasteiger partial charge in [-0.1, -0.05) is 63.9 Å². The molecule has 0 radical (unpaired) electrons. The number of rotatable bonds is 10. The molecule has 3 aromatic carbocycles. The summed E-state index contributed by atoms with van der Waals surface area (Å²) in [7, 11) is 3.81. The van der Waals surface area contributed by atoms with Crippen LogP contribution < -0.4 is 5.56 Å². The number of aliphatic carboxylic acids is 1. The number of amides is 1. The van der Waals surface area contributed by atoms with E-state index in [4.69, 9.17) is 11.6 Å². The van der Waals surface area contributed by atoms with Gasteiger partial charge < -0.3 is 14.9 Å². The fraction of sp³-hybridized carbons (Fsp3) is 0.241. The summed E-state index contributed by atoms with van der Waals surface area (Å²) in [6, 6.07) is 19.2. The SMILES string of the molecule is CN(C)CCCN(C(=O)c1cccc(Br)c1)C(C(=O)O)c1nc2cc(Cl)ccc2c(=O)n1Cc1ccccc1. The minimum atomic E-state index is -1.53. The number of carboxylic acid groups (broad SMARTS) is 1. The first-order valence-corrected chi connectivity index (χ1v) is 13.5. The molecule has 1 unspecified atom stereocenters. The first-order chi connectivity index (χ1) is 18.7. The summed E-state index contributed by atoms with van der Waals surface area (Å²) in [5.41, 5.74) is 0.963. The van der Waals surface area contributed by atoms with Crippen LogP contribution in [0, 0.1) is 0 Å². The monoisotopic (exact) mass is 610 g/mol. The van der Waals surface area contributed by atoms with Crippen molar-refractivity contribution in [3.05, 3.63) is 110 Å². The Bertz CT molecular complexity index is 1560. The molecule has 39 heavy (non-hydrogen) atoms. The highest BCUT2D eigenvalue weighted by molar-refractivity contribution is 9.10. The standard InChI is InChI=1S/C29H28BrClN4O4/c1-33(2)14-7-15-34(27(36)20-10-6-11-21(30)16-20)25(29(38)39)26-32-24-17-22(31)12-13-23(24)28(37)35(26)18-19-8-4-3-5-9-19/h3-6,8-13,16-17,25H,7,14-15,18H2,1-2H3,(H,38,39). The molecule has 1 atom stereocenters. The first kappa shape index (κ1) is 28.5. The second-order valence-electron chi connectivity index (χ2n) is 9.41. The van der Waals surface area contributed by atoms with Crippen LogP contribution in [0.4, 0.5) is 0 Å². The van der Waals surface area contributed by atoms with Crippen LogP contribution in [0.25, 0.3) is 10.9 Å². The van der Waals surface area contributed by atoms with Gasteiger partial charge in [0.15, 0.2) is 6.04 Å². The van der Waals surface area contributed by atoms with Gasteiger partial charge in [-0.3, -0.25) is 14.2 Å². The highest BCUT2D eigenvalue weighted by Crippen LogP contribution is 2.26. The molecule has 0 aliphatic heterocycles. The molecule has 1 heterocycles. The fourth-order valence-corrected chi connectivity index (χ4v) is 4.98. The van der Waals surface area contributed by atoms with E-state index in [0.717, 1.165) is 5.56 Å². The molecule has 1 amide bonds. The summed E-state index contributed by atoms with van der Waals surface area (Å²) < 4.78 is 2.03. The topological polar surface area (TPSA) is 95.7 Å². The van der Waals surface area contributed by atoms with Gasteiger partial charge in [0, 0.05) is 21.6 Å². The van der Waals surface area contributed by atoms with Crippen LogP contribution in [0.15, 0.2) is 82.1 Å². The minimum absolute atomic E-state index is 0.0423. The largest absolute Gasteiger partial charge is 0.479 e. The Kier molecular flexibility index (Phi) is 9.16. The molecule has 0 saturated heterocycles. The van der Waals surface area contributed by atoms with Crippen LogP contribution in [-0.4, -0.2) is 63.5 Å². The van der Waals surface area contributed by atoms with E-state index in [9.17, 15) is 19.5 Å². The third kappa shape index (κ3) is 6.73. The van der Waals surface area contributed by atoms with Crippen molar-refractivity contribution in [2.45, 2.75) is 19.0 Å². The summed E-state index contributed by atoms with van der Waals surface area (Å²) in [4.78, 5) is 48.5. The number of hydrogen-bond acceptors (Lipinski definition) is 5. The lowest BCUT2D eigenvalue weighted by Crippen LogP contribution is -2.43. The Morgan fingerprint density at radius 2 is 1.77 bits per heavy atom. The zero-order valence-corrected chi connectivity index (χ0v) is 23.9. The maximum Gasteiger partial charge on any atom is 0.334 e. The Labute approximate surface area is 239 Å². The summed E-state index contributed by atoms with van der Waals surface area (Å²) in [6.45, 7) is 0.850. The maximum absolute atomic E-state index is 13.9. The molecule has 4 rings (SSSR count). The summed E-state index contributed by atoms with van der Waals surface area (Å²) in [5.74, 6) is -1.81. The molecular weight excluding hydrogens is 584 g/mol. The minimum Gasteiger partial charge on any atom is -0.479 e. The number of carbonyl (C=O) groups excluding carboxylic acids is 1. The Balaban J connectivity index is 1.93. The molecule has 10 heteroatoms. The summed E-state index contributed by atoms with van der Waals surface area (Å²) in [5, 5.41) is 11.2. The van der Waals surface area contributed by atoms with Crippen molar-refractivity contribution in [2.75, 3.05) is 27.2 Å². The lowest BCUT2D eigenvalue weighted by atomic mass is 10.1. The van der Waals surface area contributed by atoms with Crippen molar-refractivity contribution in [2.24, 2.45) is 0 Å². The van der Waals surface area contributed by atoms with E-state index in [1.165, 1.54) is 15.5 Å². The van der Waals surface area contributed by atoms with E-state index in [2.05, 4.69) is 20.9 Å². The smallest absolute Gasteiger partial charge is 0.334 e. The van der Waals surface area contributed by atoms with Gasteiger partial charge >= 0.3 is 5.97 Å². The van der Waals surface area contributed by atoms with Crippen molar-refractivity contribution in [1.82, 2.24) is 19.4 Å². The van der Waals surface area contributed by atoms with E-state index in [0.29, 0.717) is 33.4 Å². The zero-order valence-electron chi connectivity index (χ0n) is 21.6. The molecule has 1 N–H and O–H groups in total. The molecule has 202 valence electrons. The maximum atomic E-state index is 13.9. The van der Waals surface area contributed by atoms with Gasteiger partial charge in [0.1, 0.15) is 5.82 Å². The highest BCUT2D eigenvalue weighted by atomic mass is 79.9. The molecule has 0 aliphatic carbocycles. The average molecular weight is 612 g/mol. The Morgan fingerprint density at radius 3 is 2.44 bits per heavy atom. The van der Waals surface area contributed by atoms with Crippen LogP contribution in [0.1, 0.15) is 34.2 Å². The third-order valence-corrected chi connectivity index (χ3v) is 6.99. The van der Waals surface area contributed by atoms with Crippen LogP contribution in [0.5, 0.6) is 0 Å². The number of benzene rings is 3. The molecular formula is C29H28BrClN4O4. The average Bonchev–Trinajstić information content (AvgIpc) is 2.89. The molecule has 0 fully saturated rings. The Morgan fingerprint density at radius 1 is 1.03 bits per heavy atom. The predicted molar refractivity (Wildman–Crippen MR) is 155 cm³/mol. The van der Waals surface area contributed by atoms with E-state index in [1.54, 1.807) is 36.4 Å². The van der Waals surface area contributed by atoms with E-state index in [1.807, 2.05) is 49.3 Å². The van der Waals surface area contributed by atoms with E-state index < -0.39 is 23.5 Å². The predicted octanol–water partition coefficient (Wildman–Crippen LogP) is 5.08. The highest BCUT2D eigenvalue weighted by Gasteiger charge is 2.36. The third-order valence-electron chi connectivity index (χ3n) is 6.26. The van der Waals surface area contributed by atoms with Crippen LogP contribution >= 0.6 is 27.5 Å². The van der Waals surface area contributed by atoms with E-state index in [-0.39, 0.29) is 24.4 Å². The molecule has 1 aromatic heterocycles. The van der Waals surface area contributed by atoms with Crippen molar-refractivity contribution in [1.29, 1.82) is 0 Å². The fourth-order valence-electron chi connectivity index (χ4n) is 4.41. The van der Waals surface area contributed by atoms with Gasteiger partial charge in [0.2, 0.25) is 0 Å². The number of fused-ring (bicyclic) bond motifs is 1. The lowest BCUT2D eigenvalue weighted by Gasteiger charge is -2.31. The lowest BCUT2D eigenvalue weighted by molar-refractivity contribution is -0.143. The number of carboxylic acids is 1. The number of halogens is 2. The van der Waals surface area contributed by atoms with Gasteiger partial charge in [0.05, 0.1) is 17.4 Å². The van der Waals surface area contributed by atoms with Gasteiger partial charge in [-0.05, 0) is 69.0 Å². The van der Waals surface area contributed by atoms with Crippen molar-refractivity contribution < 1.29 is 14.7 Å². The first-order valence-electron chi connectivity index (χ1n) is 12.3. The van der Waals surface area contributed by atoms with Crippen LogP contribution in [-0.2, 0) is 11.3 Å². The molecule has 0 saturated carbocycles. The van der Waals surface area contributed by atoms with Gasteiger partial charge in [0.25, 0.3) is 11.5 Å². The quantitative estimate of drug-likeness (QED) is 0.269. The van der Waals surface area contributed by atoms with Crippen molar-refractivity contribution >= 4 is 50.3 Å². The van der Waals surface area contributed by atoms with E-state index >= 15 is 0 Å². The van der Waals surface area contributed by atoms with Crippen LogP contribution in [0.2, 0.25) is 5.02 Å². The summed E-state index contributed by atoms with van der Waals surface area (Å²) >= 11 is 9.59. The molecule has 0 bridgehead atoms. The second kappa shape index (κ2) is 12.5. The number of carbonyl (C=O) groups is 2. The normalized spacial score (nSPS) is 12.0. The molecule has 4 aromatic rings. The number of hydrogen-bond donors (Lipinski definition) is 1. The van der Waals surface area contributed by atoms with Gasteiger partial charge in [-0.15, -0.1) is 0 Å². The van der Waals surface area contributed by atoms with Crippen molar-refractivity contribution in [3.8, 4) is 0 Å². The number of aromatic nitrogens is 2. The molecule has 0 spiro atoms. The van der Waals surface area contributed by atoms with Crippen molar-refractivity contribution in [3.63, 3.8) is 0 Å². The van der Waals surface area contributed by atoms with Crippen LogP contribution in [0.3, 0.4) is 0 Å². The zero-order chi connectivity index (χ0) is 28.1. The van der Waals surface area contributed by atoms with Gasteiger partial charge in [-0.25, -0.2) is 9.78 Å². The number of nitrogens with zero attached hydrogens (tertiary/aromatic N) is 4. The van der Waals surface area contributed by atoms with Gasteiger partial charge in [-0.2, -0.15) is 0 Å². The second-order valence-corrected chi connectivity index (χ2v) is 10.8. The Hall–Kier alpha value is -3.53. The molecule has 0 aliphatic rings. The summed E-state index contributed by atoms with van der Waals surface area (Å²) in [6.07, 6.45) is 0.513.